The van der Waals surface area contributed by atoms with Crippen molar-refractivity contribution in [3.8, 4) is 0 Å². The number of nitrogens with two attached hydrogens (primary N) is 1. The van der Waals surface area contributed by atoms with E-state index in [-0.39, 0.29) is 6.04 Å². The molecule has 0 aliphatic rings. The Morgan fingerprint density at radius 1 is 1.06 bits per heavy atom. The summed E-state index contributed by atoms with van der Waals surface area (Å²) in [6, 6.07) is 5.58. The molecule has 102 valence electrons. The van der Waals surface area contributed by atoms with Gasteiger partial charge in [0.15, 0.2) is 0 Å². The monoisotopic (exact) mass is 287 g/mol. The molecule has 0 heterocycles. The number of benzene rings is 1. The van der Waals surface area contributed by atoms with Crippen LogP contribution in [0.1, 0.15) is 63.5 Å². The van der Waals surface area contributed by atoms with Gasteiger partial charge in [0, 0.05) is 16.1 Å². The summed E-state index contributed by atoms with van der Waals surface area (Å²) in [4.78, 5) is 0. The fourth-order valence-electron chi connectivity index (χ4n) is 2.10. The molecule has 1 aromatic carbocycles. The van der Waals surface area contributed by atoms with Crippen molar-refractivity contribution in [1.29, 1.82) is 0 Å². The van der Waals surface area contributed by atoms with Gasteiger partial charge in [-0.25, -0.2) is 0 Å². The third-order valence-electron chi connectivity index (χ3n) is 3.23. The number of hydrogen-bond donors (Lipinski definition) is 1. The van der Waals surface area contributed by atoms with Gasteiger partial charge in [-0.15, -0.1) is 0 Å². The van der Waals surface area contributed by atoms with Crippen molar-refractivity contribution >= 4 is 23.2 Å². The van der Waals surface area contributed by atoms with Gasteiger partial charge >= 0.3 is 0 Å². The lowest BCUT2D eigenvalue weighted by Gasteiger charge is -2.13. The van der Waals surface area contributed by atoms with Gasteiger partial charge in [-0.3, -0.25) is 0 Å². The van der Waals surface area contributed by atoms with E-state index < -0.39 is 0 Å². The van der Waals surface area contributed by atoms with Crippen LogP contribution in [-0.4, -0.2) is 0 Å². The summed E-state index contributed by atoms with van der Waals surface area (Å²) < 4.78 is 0. The fourth-order valence-corrected chi connectivity index (χ4v) is 2.65. The molecule has 1 rings (SSSR count). The zero-order valence-corrected chi connectivity index (χ0v) is 12.6. The van der Waals surface area contributed by atoms with E-state index in [9.17, 15) is 0 Å². The third-order valence-corrected chi connectivity index (χ3v) is 3.79. The molecular formula is C15H23Cl2N. The van der Waals surface area contributed by atoms with E-state index in [4.69, 9.17) is 28.9 Å². The van der Waals surface area contributed by atoms with Crippen molar-refractivity contribution in [2.24, 2.45) is 5.73 Å². The molecular weight excluding hydrogens is 265 g/mol. The van der Waals surface area contributed by atoms with Crippen LogP contribution < -0.4 is 5.73 Å². The van der Waals surface area contributed by atoms with Crippen LogP contribution in [0, 0.1) is 0 Å². The van der Waals surface area contributed by atoms with Crippen LogP contribution in [0.2, 0.25) is 10.0 Å². The molecule has 0 bridgehead atoms. The summed E-state index contributed by atoms with van der Waals surface area (Å²) in [6.07, 6.45) is 8.72. The Kier molecular flexibility index (Phi) is 7.73. The Bertz CT molecular complexity index is 352. The zero-order valence-electron chi connectivity index (χ0n) is 11.1. The van der Waals surface area contributed by atoms with Crippen molar-refractivity contribution in [2.45, 2.75) is 57.9 Å². The topological polar surface area (TPSA) is 26.0 Å². The van der Waals surface area contributed by atoms with Gasteiger partial charge in [-0.1, -0.05) is 74.7 Å². The molecule has 1 atom stereocenters. The highest BCUT2D eigenvalue weighted by Gasteiger charge is 2.10. The summed E-state index contributed by atoms with van der Waals surface area (Å²) in [6.45, 7) is 2.23. The SMILES string of the molecule is CCCCCCCCC(N)c1ccc(Cl)cc1Cl. The molecule has 0 fully saturated rings. The molecule has 1 nitrogen and oxygen atoms in total. The van der Waals surface area contributed by atoms with Crippen molar-refractivity contribution in [1.82, 2.24) is 0 Å². The van der Waals surface area contributed by atoms with Crippen LogP contribution in [0.25, 0.3) is 0 Å². The molecule has 3 heteroatoms. The highest BCUT2D eigenvalue weighted by atomic mass is 35.5. The quantitative estimate of drug-likeness (QED) is 0.606. The molecule has 1 unspecified atom stereocenters. The highest BCUT2D eigenvalue weighted by Crippen LogP contribution is 2.27. The molecule has 2 N–H and O–H groups in total. The van der Waals surface area contributed by atoms with E-state index >= 15 is 0 Å². The van der Waals surface area contributed by atoms with Crippen LogP contribution in [0.5, 0.6) is 0 Å². The second-order valence-electron chi connectivity index (χ2n) is 4.83. The minimum Gasteiger partial charge on any atom is -0.324 e. The van der Waals surface area contributed by atoms with Crippen molar-refractivity contribution in [2.75, 3.05) is 0 Å². The van der Waals surface area contributed by atoms with E-state index in [1.54, 1.807) is 6.07 Å². The Labute approximate surface area is 121 Å². The normalized spacial score (nSPS) is 12.7. The van der Waals surface area contributed by atoms with Crippen molar-refractivity contribution < 1.29 is 0 Å². The van der Waals surface area contributed by atoms with Gasteiger partial charge < -0.3 is 5.73 Å². The summed E-state index contributed by atoms with van der Waals surface area (Å²) in [5.74, 6) is 0. The molecule has 0 saturated heterocycles. The molecule has 0 aliphatic carbocycles. The first kappa shape index (κ1) is 15.8. The maximum Gasteiger partial charge on any atom is 0.0468 e. The van der Waals surface area contributed by atoms with Gasteiger partial charge in [0.2, 0.25) is 0 Å². The second kappa shape index (κ2) is 8.79. The number of halogens is 2. The van der Waals surface area contributed by atoms with E-state index in [0.717, 1.165) is 12.0 Å². The van der Waals surface area contributed by atoms with Gasteiger partial charge in [0.05, 0.1) is 0 Å². The minimum absolute atomic E-state index is 0.0286. The van der Waals surface area contributed by atoms with Gasteiger partial charge in [-0.2, -0.15) is 0 Å². The Hall–Kier alpha value is -0.240. The average molecular weight is 288 g/mol. The largest absolute Gasteiger partial charge is 0.324 e. The Balaban J connectivity index is 2.29. The molecule has 0 amide bonds. The second-order valence-corrected chi connectivity index (χ2v) is 5.67. The zero-order chi connectivity index (χ0) is 13.4. The van der Waals surface area contributed by atoms with Crippen molar-refractivity contribution in [3.05, 3.63) is 33.8 Å². The van der Waals surface area contributed by atoms with Crippen LogP contribution >= 0.6 is 23.2 Å². The maximum absolute atomic E-state index is 6.16. The summed E-state index contributed by atoms with van der Waals surface area (Å²) in [7, 11) is 0. The van der Waals surface area contributed by atoms with Crippen LogP contribution in [0.4, 0.5) is 0 Å². The molecule has 0 aliphatic heterocycles. The van der Waals surface area contributed by atoms with Crippen LogP contribution in [-0.2, 0) is 0 Å². The molecule has 0 aromatic heterocycles. The first-order valence-corrected chi connectivity index (χ1v) is 7.61. The number of hydrogen-bond acceptors (Lipinski definition) is 1. The standard InChI is InChI=1S/C15H23Cl2N/c1-2-3-4-5-6-7-8-15(18)13-10-9-12(16)11-14(13)17/h9-11,15H,2-8,18H2,1H3. The fraction of sp³-hybridized carbons (Fsp3) is 0.600. The highest BCUT2D eigenvalue weighted by molar-refractivity contribution is 6.35. The third kappa shape index (κ3) is 5.60. The van der Waals surface area contributed by atoms with E-state index in [2.05, 4.69) is 6.92 Å². The molecule has 0 saturated carbocycles. The first-order valence-electron chi connectivity index (χ1n) is 6.85. The average Bonchev–Trinajstić information content (AvgIpc) is 2.33. The Morgan fingerprint density at radius 3 is 2.39 bits per heavy atom. The lowest BCUT2D eigenvalue weighted by Crippen LogP contribution is -2.10. The van der Waals surface area contributed by atoms with Crippen molar-refractivity contribution in [3.63, 3.8) is 0 Å². The lowest BCUT2D eigenvalue weighted by molar-refractivity contribution is 0.547. The summed E-state index contributed by atoms with van der Waals surface area (Å²) in [5, 5.41) is 1.34. The minimum atomic E-state index is 0.0286. The van der Waals surface area contributed by atoms with E-state index in [1.165, 1.54) is 38.5 Å². The molecule has 1 aromatic rings. The molecule has 0 radical (unpaired) electrons. The van der Waals surface area contributed by atoms with Crippen LogP contribution in [0.15, 0.2) is 18.2 Å². The van der Waals surface area contributed by atoms with Gasteiger partial charge in [-0.05, 0) is 24.1 Å². The molecule has 18 heavy (non-hydrogen) atoms. The summed E-state index contributed by atoms with van der Waals surface area (Å²) in [5.41, 5.74) is 7.17. The predicted molar refractivity (Wildman–Crippen MR) is 81.4 cm³/mol. The Morgan fingerprint density at radius 2 is 1.72 bits per heavy atom. The van der Waals surface area contributed by atoms with Crippen LogP contribution in [0.3, 0.4) is 0 Å². The lowest BCUT2D eigenvalue weighted by atomic mass is 10.0. The number of rotatable bonds is 8. The van der Waals surface area contributed by atoms with E-state index in [0.29, 0.717) is 10.0 Å². The number of unbranched alkanes of at least 4 members (excludes halogenated alkanes) is 5. The van der Waals surface area contributed by atoms with Gasteiger partial charge in [0.1, 0.15) is 0 Å². The van der Waals surface area contributed by atoms with Gasteiger partial charge in [0.25, 0.3) is 0 Å². The maximum atomic E-state index is 6.16. The first-order chi connectivity index (χ1) is 8.65. The summed E-state index contributed by atoms with van der Waals surface area (Å²) >= 11 is 12.0. The predicted octanol–water partition coefficient (Wildman–Crippen LogP) is 5.74. The van der Waals surface area contributed by atoms with E-state index in [1.807, 2.05) is 12.1 Å². The smallest absolute Gasteiger partial charge is 0.0468 e. The molecule has 0 spiro atoms.